The second kappa shape index (κ2) is 4.61. The van der Waals surface area contributed by atoms with Gasteiger partial charge >= 0.3 is 0 Å². The maximum atomic E-state index is 10.5. The summed E-state index contributed by atoms with van der Waals surface area (Å²) >= 11 is 0. The lowest BCUT2D eigenvalue weighted by Crippen LogP contribution is -1.92. The largest absolute Gasteiger partial charge is 0.456 e. The molecule has 0 spiro atoms. The molecule has 0 saturated carbocycles. The first-order chi connectivity index (χ1) is 8.16. The Labute approximate surface area is 97.6 Å². The molecule has 86 valence electrons. The molecule has 0 bridgehead atoms. The van der Waals surface area contributed by atoms with Crippen LogP contribution in [0.25, 0.3) is 17.4 Å². The average molecular weight is 230 g/mol. The Hall–Kier alpha value is -2.43. The van der Waals surface area contributed by atoms with Crippen LogP contribution in [0.1, 0.15) is 12.7 Å². The molecule has 0 radical (unpaired) electrons. The van der Waals surface area contributed by atoms with Gasteiger partial charge < -0.3 is 4.42 Å². The van der Waals surface area contributed by atoms with Crippen molar-refractivity contribution in [1.29, 1.82) is 0 Å². The molecule has 0 aliphatic carbocycles. The zero-order chi connectivity index (χ0) is 12.3. The number of nitrogens with zero attached hydrogens (tertiary/aromatic N) is 2. The zero-order valence-corrected chi connectivity index (χ0v) is 9.16. The van der Waals surface area contributed by atoms with Gasteiger partial charge in [-0.3, -0.25) is 15.1 Å². The molecule has 0 atom stereocenters. The number of hydrogen-bond acceptors (Lipinski definition) is 4. The van der Waals surface area contributed by atoms with Gasteiger partial charge in [-0.15, -0.1) is 0 Å². The number of furan rings is 1. The lowest BCUT2D eigenvalue weighted by atomic mass is 10.2. The minimum Gasteiger partial charge on any atom is -0.456 e. The fraction of sp³-hybridized carbons (Fsp3) is 0.0833. The van der Waals surface area contributed by atoms with Crippen molar-refractivity contribution in [3.8, 4) is 11.3 Å². The van der Waals surface area contributed by atoms with Gasteiger partial charge in [0.05, 0.1) is 11.0 Å². The smallest absolute Gasteiger partial charge is 0.246 e. The molecular weight excluding hydrogens is 220 g/mol. The maximum Gasteiger partial charge on any atom is 0.246 e. The van der Waals surface area contributed by atoms with Crippen molar-refractivity contribution in [3.05, 3.63) is 58.2 Å². The Balaban J connectivity index is 2.29. The number of pyridine rings is 1. The Morgan fingerprint density at radius 1 is 1.47 bits per heavy atom. The summed E-state index contributed by atoms with van der Waals surface area (Å²) in [5, 5.41) is 10.5. The molecular formula is C12H10N2O3. The molecule has 0 saturated heterocycles. The first-order valence-corrected chi connectivity index (χ1v) is 5.00. The van der Waals surface area contributed by atoms with E-state index in [4.69, 9.17) is 4.42 Å². The summed E-state index contributed by atoms with van der Waals surface area (Å²) in [6, 6.07) is 7.11. The highest BCUT2D eigenvalue weighted by Crippen LogP contribution is 2.22. The van der Waals surface area contributed by atoms with Gasteiger partial charge in [0.2, 0.25) is 5.70 Å². The molecule has 2 heterocycles. The minimum atomic E-state index is -0.452. The van der Waals surface area contributed by atoms with Crippen LogP contribution >= 0.6 is 0 Å². The van der Waals surface area contributed by atoms with Crippen molar-refractivity contribution >= 4 is 6.08 Å². The Morgan fingerprint density at radius 3 is 2.94 bits per heavy atom. The van der Waals surface area contributed by atoms with Gasteiger partial charge in [-0.05, 0) is 24.3 Å². The van der Waals surface area contributed by atoms with E-state index in [-0.39, 0.29) is 5.70 Å². The Morgan fingerprint density at radius 2 is 2.29 bits per heavy atom. The van der Waals surface area contributed by atoms with Crippen LogP contribution in [0.15, 0.2) is 46.8 Å². The summed E-state index contributed by atoms with van der Waals surface area (Å²) < 4.78 is 5.47. The minimum absolute atomic E-state index is 0.0390. The summed E-state index contributed by atoms with van der Waals surface area (Å²) in [6.07, 6.45) is 4.73. The van der Waals surface area contributed by atoms with Crippen molar-refractivity contribution in [2.45, 2.75) is 6.92 Å². The lowest BCUT2D eigenvalue weighted by Gasteiger charge is -1.94. The highest BCUT2D eigenvalue weighted by atomic mass is 16.6. The van der Waals surface area contributed by atoms with E-state index in [0.717, 1.165) is 5.56 Å². The Kier molecular flexibility index (Phi) is 3.00. The van der Waals surface area contributed by atoms with E-state index in [1.807, 2.05) is 6.07 Å². The van der Waals surface area contributed by atoms with Crippen LogP contribution in [-0.4, -0.2) is 9.91 Å². The van der Waals surface area contributed by atoms with E-state index in [1.54, 1.807) is 30.6 Å². The molecule has 2 rings (SSSR count). The number of nitro groups is 1. The summed E-state index contributed by atoms with van der Waals surface area (Å²) in [7, 11) is 0. The normalized spacial score (nSPS) is 11.5. The van der Waals surface area contributed by atoms with Crippen molar-refractivity contribution in [2.75, 3.05) is 0 Å². The molecule has 0 fully saturated rings. The van der Waals surface area contributed by atoms with Crippen molar-refractivity contribution < 1.29 is 9.34 Å². The van der Waals surface area contributed by atoms with Crippen molar-refractivity contribution in [1.82, 2.24) is 4.98 Å². The van der Waals surface area contributed by atoms with Crippen LogP contribution in [0.5, 0.6) is 0 Å². The number of aromatic nitrogens is 1. The first kappa shape index (κ1) is 11.1. The van der Waals surface area contributed by atoms with Gasteiger partial charge in [-0.1, -0.05) is 0 Å². The predicted molar refractivity (Wildman–Crippen MR) is 62.6 cm³/mol. The van der Waals surface area contributed by atoms with Gasteiger partial charge in [0.15, 0.2) is 0 Å². The standard InChI is InChI=1S/C12H10N2O3/c1-9(14(15)16)7-11-4-5-12(17-11)10-3-2-6-13-8-10/h2-8H,1H3/b9-7+. The first-order valence-electron chi connectivity index (χ1n) is 5.00. The summed E-state index contributed by atoms with van der Waals surface area (Å²) in [6.45, 7) is 1.42. The maximum absolute atomic E-state index is 10.5. The summed E-state index contributed by atoms with van der Waals surface area (Å²) in [5.74, 6) is 1.10. The molecule has 17 heavy (non-hydrogen) atoms. The fourth-order valence-corrected chi connectivity index (χ4v) is 1.35. The van der Waals surface area contributed by atoms with Crippen molar-refractivity contribution in [3.63, 3.8) is 0 Å². The fourth-order valence-electron chi connectivity index (χ4n) is 1.35. The van der Waals surface area contributed by atoms with E-state index < -0.39 is 4.92 Å². The molecule has 5 heteroatoms. The average Bonchev–Trinajstić information content (AvgIpc) is 2.78. The SMILES string of the molecule is C/C(=C\c1ccc(-c2cccnc2)o1)[N+](=O)[O-]. The molecule has 0 aromatic carbocycles. The predicted octanol–water partition coefficient (Wildman–Crippen LogP) is 2.98. The van der Waals surface area contributed by atoms with E-state index in [0.29, 0.717) is 11.5 Å². The third kappa shape index (κ3) is 2.57. The molecule has 5 nitrogen and oxygen atoms in total. The highest BCUT2D eigenvalue weighted by molar-refractivity contribution is 5.58. The lowest BCUT2D eigenvalue weighted by molar-refractivity contribution is -0.422. The van der Waals surface area contributed by atoms with E-state index in [2.05, 4.69) is 4.98 Å². The molecule has 0 aliphatic rings. The van der Waals surface area contributed by atoms with Gasteiger partial charge in [0.1, 0.15) is 11.5 Å². The molecule has 0 unspecified atom stereocenters. The Bertz CT molecular complexity index is 558. The second-order valence-corrected chi connectivity index (χ2v) is 3.49. The van der Waals surface area contributed by atoms with Gasteiger partial charge in [-0.2, -0.15) is 0 Å². The van der Waals surface area contributed by atoms with E-state index >= 15 is 0 Å². The van der Waals surface area contributed by atoms with Crippen LogP contribution in [0.3, 0.4) is 0 Å². The number of allylic oxidation sites excluding steroid dienone is 1. The molecule has 0 aliphatic heterocycles. The van der Waals surface area contributed by atoms with E-state index in [1.165, 1.54) is 13.0 Å². The van der Waals surface area contributed by atoms with E-state index in [9.17, 15) is 10.1 Å². The molecule has 2 aromatic rings. The van der Waals surface area contributed by atoms with Crippen LogP contribution < -0.4 is 0 Å². The summed E-state index contributed by atoms with van der Waals surface area (Å²) in [5.41, 5.74) is 0.878. The second-order valence-electron chi connectivity index (χ2n) is 3.49. The van der Waals surface area contributed by atoms with Gasteiger partial charge in [0.25, 0.3) is 0 Å². The third-order valence-electron chi connectivity index (χ3n) is 2.21. The van der Waals surface area contributed by atoms with Crippen LogP contribution in [-0.2, 0) is 0 Å². The quantitative estimate of drug-likeness (QED) is 0.600. The molecule has 2 aromatic heterocycles. The van der Waals surface area contributed by atoms with Crippen LogP contribution in [0.4, 0.5) is 0 Å². The van der Waals surface area contributed by atoms with Crippen LogP contribution in [0.2, 0.25) is 0 Å². The number of hydrogen-bond donors (Lipinski definition) is 0. The van der Waals surface area contributed by atoms with Crippen LogP contribution in [0, 0.1) is 10.1 Å². The molecule has 0 amide bonds. The van der Waals surface area contributed by atoms with Gasteiger partial charge in [-0.25, -0.2) is 0 Å². The zero-order valence-electron chi connectivity index (χ0n) is 9.16. The molecule has 0 N–H and O–H groups in total. The summed E-state index contributed by atoms with van der Waals surface area (Å²) in [4.78, 5) is 14.0. The highest BCUT2D eigenvalue weighted by Gasteiger charge is 2.07. The third-order valence-corrected chi connectivity index (χ3v) is 2.21. The topological polar surface area (TPSA) is 69.2 Å². The van der Waals surface area contributed by atoms with Gasteiger partial charge in [0, 0.05) is 24.9 Å². The number of rotatable bonds is 3. The van der Waals surface area contributed by atoms with Crippen molar-refractivity contribution in [2.24, 2.45) is 0 Å². The monoisotopic (exact) mass is 230 g/mol.